The van der Waals surface area contributed by atoms with Gasteiger partial charge in [-0.2, -0.15) is 0 Å². The van der Waals surface area contributed by atoms with Crippen molar-refractivity contribution < 1.29 is 9.53 Å². The fraction of sp³-hybridized carbons (Fsp3) is 0.0588. The van der Waals surface area contributed by atoms with Crippen molar-refractivity contribution in [2.24, 2.45) is 4.99 Å². The van der Waals surface area contributed by atoms with Crippen LogP contribution in [0.4, 0.5) is 0 Å². The number of hydrogen-bond donors (Lipinski definition) is 0. The average molecular weight is 468 g/mol. The third-order valence-corrected chi connectivity index (χ3v) is 4.88. The maximum absolute atomic E-state index is 12.0. The highest BCUT2D eigenvalue weighted by Gasteiger charge is 2.24. The molecule has 0 fully saturated rings. The lowest BCUT2D eigenvalue weighted by Crippen LogP contribution is -2.05. The van der Waals surface area contributed by atoms with E-state index in [2.05, 4.69) is 43.5 Å². The van der Waals surface area contributed by atoms with E-state index in [1.807, 2.05) is 49.4 Å². The monoisotopic (exact) mass is 467 g/mol. The molecule has 0 bridgehead atoms. The van der Waals surface area contributed by atoms with Crippen LogP contribution in [0.1, 0.15) is 16.7 Å². The minimum Gasteiger partial charge on any atom is -0.402 e. The molecule has 0 saturated carbocycles. The lowest BCUT2D eigenvalue weighted by molar-refractivity contribution is -0.129. The molecule has 2 aromatic rings. The maximum Gasteiger partial charge on any atom is 0.363 e. The second-order valence-corrected chi connectivity index (χ2v) is 6.93. The van der Waals surface area contributed by atoms with Crippen molar-refractivity contribution in [3.8, 4) is 0 Å². The van der Waals surface area contributed by atoms with E-state index < -0.39 is 5.97 Å². The van der Waals surface area contributed by atoms with E-state index in [-0.39, 0.29) is 0 Å². The van der Waals surface area contributed by atoms with E-state index in [1.54, 1.807) is 6.08 Å². The number of aryl methyl sites for hydroxylation is 1. The van der Waals surface area contributed by atoms with Gasteiger partial charge in [0, 0.05) is 13.6 Å². The predicted octanol–water partition coefficient (Wildman–Crippen LogP) is 4.71. The first-order valence-corrected chi connectivity index (χ1v) is 8.45. The van der Waals surface area contributed by atoms with Gasteiger partial charge in [-0.05, 0) is 77.0 Å². The Bertz CT molecular complexity index is 827. The molecule has 2 aromatic carbocycles. The first-order chi connectivity index (χ1) is 10.5. The number of carbonyl (C=O) groups excluding carboxylic acids is 1. The fourth-order valence-corrected chi connectivity index (χ4v) is 2.82. The summed E-state index contributed by atoms with van der Waals surface area (Å²) in [5.74, 6) is -0.0723. The predicted molar refractivity (Wildman–Crippen MR) is 98.6 cm³/mol. The van der Waals surface area contributed by atoms with Crippen LogP contribution in [0.5, 0.6) is 0 Å². The smallest absolute Gasteiger partial charge is 0.363 e. The van der Waals surface area contributed by atoms with E-state index in [1.165, 1.54) is 0 Å². The molecule has 0 radical (unpaired) electrons. The Balaban J connectivity index is 1.96. The normalized spacial score (nSPS) is 15.9. The fourth-order valence-electron chi connectivity index (χ4n) is 2.06. The van der Waals surface area contributed by atoms with Crippen molar-refractivity contribution in [1.29, 1.82) is 0 Å². The van der Waals surface area contributed by atoms with Gasteiger partial charge in [0.1, 0.15) is 0 Å². The molecule has 0 N–H and O–H groups in total. The molecular formula is C17H11BrINO2. The molecule has 0 spiro atoms. The number of cyclic esters (lactones) is 1. The zero-order valence-corrected chi connectivity index (χ0v) is 15.4. The largest absolute Gasteiger partial charge is 0.402 e. The van der Waals surface area contributed by atoms with Crippen LogP contribution in [0.15, 0.2) is 57.6 Å². The van der Waals surface area contributed by atoms with Gasteiger partial charge < -0.3 is 4.74 Å². The lowest BCUT2D eigenvalue weighted by atomic mass is 10.1. The zero-order chi connectivity index (χ0) is 15.7. The Kier molecular flexibility index (Phi) is 4.44. The molecule has 3 rings (SSSR count). The van der Waals surface area contributed by atoms with Crippen LogP contribution in [0.2, 0.25) is 0 Å². The Morgan fingerprint density at radius 3 is 2.77 bits per heavy atom. The molecule has 22 heavy (non-hydrogen) atoms. The molecule has 0 amide bonds. The highest BCUT2D eigenvalue weighted by Crippen LogP contribution is 2.22. The topological polar surface area (TPSA) is 38.7 Å². The molecule has 1 aliphatic heterocycles. The lowest BCUT2D eigenvalue weighted by Gasteiger charge is -2.02. The maximum atomic E-state index is 12.0. The molecule has 0 saturated heterocycles. The quantitative estimate of drug-likeness (QED) is 0.364. The number of carbonyl (C=O) groups is 1. The number of halogens is 2. The zero-order valence-electron chi connectivity index (χ0n) is 11.6. The van der Waals surface area contributed by atoms with Crippen molar-refractivity contribution in [3.05, 3.63) is 72.9 Å². The average Bonchev–Trinajstić information content (AvgIpc) is 2.83. The van der Waals surface area contributed by atoms with Crippen molar-refractivity contribution >= 4 is 56.5 Å². The molecule has 0 atom stereocenters. The van der Waals surface area contributed by atoms with Gasteiger partial charge in [-0.3, -0.25) is 0 Å². The molecule has 0 aromatic heterocycles. The van der Waals surface area contributed by atoms with Crippen molar-refractivity contribution in [2.45, 2.75) is 6.92 Å². The van der Waals surface area contributed by atoms with Crippen LogP contribution in [0.25, 0.3) is 6.08 Å². The highest BCUT2D eigenvalue weighted by molar-refractivity contribution is 14.1. The second-order valence-electron chi connectivity index (χ2n) is 4.86. The van der Waals surface area contributed by atoms with Gasteiger partial charge in [-0.15, -0.1) is 0 Å². The van der Waals surface area contributed by atoms with Crippen molar-refractivity contribution in [1.82, 2.24) is 0 Å². The van der Waals surface area contributed by atoms with Crippen LogP contribution >= 0.6 is 38.5 Å². The number of ether oxygens (including phenoxy) is 1. The number of rotatable bonds is 2. The number of benzene rings is 2. The van der Waals surface area contributed by atoms with E-state index in [0.29, 0.717) is 11.6 Å². The Labute approximate surface area is 150 Å². The van der Waals surface area contributed by atoms with Crippen LogP contribution in [0.3, 0.4) is 0 Å². The summed E-state index contributed by atoms with van der Waals surface area (Å²) in [5, 5.41) is 0. The molecule has 0 aliphatic carbocycles. The van der Waals surface area contributed by atoms with E-state index in [4.69, 9.17) is 4.74 Å². The van der Waals surface area contributed by atoms with Crippen molar-refractivity contribution in [3.63, 3.8) is 0 Å². The first-order valence-electron chi connectivity index (χ1n) is 6.57. The summed E-state index contributed by atoms with van der Waals surface area (Å²) in [6.07, 6.45) is 1.72. The van der Waals surface area contributed by atoms with Crippen molar-refractivity contribution in [2.75, 3.05) is 0 Å². The molecular weight excluding hydrogens is 457 g/mol. The van der Waals surface area contributed by atoms with E-state index in [0.717, 1.165) is 24.7 Å². The summed E-state index contributed by atoms with van der Waals surface area (Å²) in [6.45, 7) is 2.01. The summed E-state index contributed by atoms with van der Waals surface area (Å²) >= 11 is 5.67. The third kappa shape index (κ3) is 3.30. The number of nitrogens with zero attached hydrogens (tertiary/aromatic N) is 1. The minimum atomic E-state index is -0.425. The summed E-state index contributed by atoms with van der Waals surface area (Å²) in [4.78, 5) is 16.3. The Hall–Kier alpha value is -1.47. The first kappa shape index (κ1) is 15.4. The van der Waals surface area contributed by atoms with Crippen LogP contribution in [-0.4, -0.2) is 11.9 Å². The van der Waals surface area contributed by atoms with Gasteiger partial charge in [-0.25, -0.2) is 9.79 Å². The molecule has 1 aliphatic rings. The molecule has 110 valence electrons. The summed E-state index contributed by atoms with van der Waals surface area (Å²) in [7, 11) is 0. The van der Waals surface area contributed by atoms with Crippen LogP contribution < -0.4 is 0 Å². The van der Waals surface area contributed by atoms with Gasteiger partial charge in [0.05, 0.1) is 0 Å². The third-order valence-electron chi connectivity index (χ3n) is 3.18. The van der Waals surface area contributed by atoms with E-state index in [9.17, 15) is 4.79 Å². The van der Waals surface area contributed by atoms with E-state index >= 15 is 0 Å². The van der Waals surface area contributed by atoms with Gasteiger partial charge in [0.15, 0.2) is 5.70 Å². The minimum absolute atomic E-state index is 0.310. The Morgan fingerprint density at radius 1 is 1.23 bits per heavy atom. The number of aliphatic imine (C=N–C) groups is 1. The van der Waals surface area contributed by atoms with Crippen LogP contribution in [-0.2, 0) is 9.53 Å². The van der Waals surface area contributed by atoms with Crippen LogP contribution in [0, 0.1) is 10.5 Å². The summed E-state index contributed by atoms with van der Waals surface area (Å²) in [6, 6.07) is 13.5. The van der Waals surface area contributed by atoms with Gasteiger partial charge in [-0.1, -0.05) is 28.1 Å². The summed E-state index contributed by atoms with van der Waals surface area (Å²) in [5.41, 5.74) is 3.14. The number of esters is 1. The molecule has 5 heteroatoms. The van der Waals surface area contributed by atoms with Gasteiger partial charge in [0.2, 0.25) is 5.90 Å². The molecule has 3 nitrogen and oxygen atoms in total. The molecule has 0 unspecified atom stereocenters. The summed E-state index contributed by atoms with van der Waals surface area (Å²) < 4.78 is 7.40. The number of hydrogen-bond acceptors (Lipinski definition) is 3. The Morgan fingerprint density at radius 2 is 2.05 bits per heavy atom. The van der Waals surface area contributed by atoms with Gasteiger partial charge in [0.25, 0.3) is 0 Å². The second kappa shape index (κ2) is 6.34. The highest BCUT2D eigenvalue weighted by atomic mass is 127. The molecule has 1 heterocycles. The standard InChI is InChI=1S/C17H11BrINO2/c1-10-7-12(5-6-14(10)19)16-20-15(17(21)22-16)9-11-3-2-4-13(18)8-11/h2-9H,1H3/b15-9-. The SMILES string of the molecule is Cc1cc(C2=N/C(=C\c3cccc(Br)c3)C(=O)O2)ccc1I. The van der Waals surface area contributed by atoms with Gasteiger partial charge >= 0.3 is 5.97 Å².